The molecule has 1 aliphatic rings. The van der Waals surface area contributed by atoms with E-state index in [9.17, 15) is 13.6 Å². The predicted octanol–water partition coefficient (Wildman–Crippen LogP) is 3.53. The molecule has 132 valence electrons. The van der Waals surface area contributed by atoms with Crippen LogP contribution in [-0.2, 0) is 11.3 Å². The summed E-state index contributed by atoms with van der Waals surface area (Å²) in [7, 11) is 0. The minimum atomic E-state index is -0.394. The van der Waals surface area contributed by atoms with Gasteiger partial charge in [-0.2, -0.15) is 4.98 Å². The summed E-state index contributed by atoms with van der Waals surface area (Å²) in [5.41, 5.74) is 0.950. The molecular weight excluding hydrogens is 340 g/mol. The maximum absolute atomic E-state index is 13.8. The van der Waals surface area contributed by atoms with Crippen molar-refractivity contribution in [3.63, 3.8) is 0 Å². The largest absolute Gasteiger partial charge is 0.337 e. The van der Waals surface area contributed by atoms with Crippen LogP contribution in [0.1, 0.15) is 23.7 Å². The zero-order valence-electron chi connectivity index (χ0n) is 13.7. The second-order valence-corrected chi connectivity index (χ2v) is 6.23. The molecule has 0 saturated carbocycles. The Kier molecular flexibility index (Phi) is 4.20. The Balaban J connectivity index is 1.50. The van der Waals surface area contributed by atoms with Crippen LogP contribution in [0.4, 0.5) is 8.78 Å². The first-order valence-electron chi connectivity index (χ1n) is 8.21. The molecule has 0 N–H and O–H groups in total. The van der Waals surface area contributed by atoms with Gasteiger partial charge in [-0.3, -0.25) is 4.79 Å². The highest BCUT2D eigenvalue weighted by atomic mass is 19.1. The van der Waals surface area contributed by atoms with Crippen LogP contribution >= 0.6 is 0 Å². The lowest BCUT2D eigenvalue weighted by Crippen LogP contribution is -2.25. The lowest BCUT2D eigenvalue weighted by molar-refractivity contribution is -0.128. The summed E-state index contributed by atoms with van der Waals surface area (Å²) < 4.78 is 32.3. The van der Waals surface area contributed by atoms with Gasteiger partial charge in [-0.1, -0.05) is 29.4 Å². The zero-order chi connectivity index (χ0) is 18.1. The third kappa shape index (κ3) is 3.20. The Morgan fingerprint density at radius 3 is 2.81 bits per heavy atom. The predicted molar refractivity (Wildman–Crippen MR) is 88.9 cm³/mol. The Hall–Kier alpha value is -3.09. The van der Waals surface area contributed by atoms with Crippen molar-refractivity contribution in [1.29, 1.82) is 0 Å². The molecule has 26 heavy (non-hydrogen) atoms. The van der Waals surface area contributed by atoms with Gasteiger partial charge < -0.3 is 9.42 Å². The quantitative estimate of drug-likeness (QED) is 0.718. The van der Waals surface area contributed by atoms with Crippen LogP contribution in [0.5, 0.6) is 0 Å². The van der Waals surface area contributed by atoms with Gasteiger partial charge in [0.15, 0.2) is 5.82 Å². The van der Waals surface area contributed by atoms with Gasteiger partial charge in [-0.15, -0.1) is 0 Å². The summed E-state index contributed by atoms with van der Waals surface area (Å²) in [5.74, 6) is -0.449. The number of hydrogen-bond donors (Lipinski definition) is 0. The smallest absolute Gasteiger partial charge is 0.258 e. The highest BCUT2D eigenvalue weighted by molar-refractivity contribution is 5.79. The molecule has 0 radical (unpaired) electrons. The van der Waals surface area contributed by atoms with E-state index in [1.807, 2.05) is 0 Å². The average molecular weight is 355 g/mol. The molecule has 1 saturated heterocycles. The molecule has 2 heterocycles. The molecule has 2 aromatic carbocycles. The maximum atomic E-state index is 13.8. The van der Waals surface area contributed by atoms with Gasteiger partial charge in [-0.05, 0) is 24.3 Å². The van der Waals surface area contributed by atoms with Crippen LogP contribution < -0.4 is 0 Å². The van der Waals surface area contributed by atoms with E-state index in [0.29, 0.717) is 23.5 Å². The standard InChI is InChI=1S/C19H15F2N3O2/c20-15-6-3-5-12(8-15)19-22-18(23-26-19)14-9-17(25)24(11-14)10-13-4-1-2-7-16(13)21/h1-8,14H,9-11H2. The van der Waals surface area contributed by atoms with Crippen molar-refractivity contribution in [2.75, 3.05) is 6.54 Å². The number of aromatic nitrogens is 2. The lowest BCUT2D eigenvalue weighted by Gasteiger charge is -2.16. The summed E-state index contributed by atoms with van der Waals surface area (Å²) in [6, 6.07) is 12.2. The van der Waals surface area contributed by atoms with Crippen LogP contribution in [0, 0.1) is 11.6 Å². The van der Waals surface area contributed by atoms with Crippen molar-refractivity contribution in [3.8, 4) is 11.5 Å². The molecule has 1 fully saturated rings. The van der Waals surface area contributed by atoms with E-state index in [2.05, 4.69) is 10.1 Å². The van der Waals surface area contributed by atoms with Crippen LogP contribution in [0.15, 0.2) is 53.1 Å². The number of amides is 1. The second-order valence-electron chi connectivity index (χ2n) is 6.23. The Morgan fingerprint density at radius 2 is 2.00 bits per heavy atom. The second kappa shape index (κ2) is 6.67. The molecule has 3 aromatic rings. The van der Waals surface area contributed by atoms with Crippen LogP contribution in [0.25, 0.3) is 11.5 Å². The Bertz CT molecular complexity index is 957. The Labute approximate surface area is 148 Å². The first kappa shape index (κ1) is 16.4. The van der Waals surface area contributed by atoms with Crippen LogP contribution in [0.3, 0.4) is 0 Å². The first-order chi connectivity index (χ1) is 12.6. The van der Waals surface area contributed by atoms with Gasteiger partial charge in [0, 0.05) is 36.6 Å². The van der Waals surface area contributed by atoms with Gasteiger partial charge in [-0.25, -0.2) is 8.78 Å². The molecule has 0 aliphatic carbocycles. The molecule has 7 heteroatoms. The Morgan fingerprint density at radius 1 is 1.15 bits per heavy atom. The van der Waals surface area contributed by atoms with E-state index < -0.39 is 5.82 Å². The first-order valence-corrected chi connectivity index (χ1v) is 8.21. The third-order valence-corrected chi connectivity index (χ3v) is 4.41. The number of carbonyl (C=O) groups excluding carboxylic acids is 1. The lowest BCUT2D eigenvalue weighted by atomic mass is 10.1. The van der Waals surface area contributed by atoms with Crippen molar-refractivity contribution in [3.05, 3.63) is 71.6 Å². The highest BCUT2D eigenvalue weighted by Crippen LogP contribution is 2.29. The fraction of sp³-hybridized carbons (Fsp3) is 0.211. The SMILES string of the molecule is O=C1CC(c2noc(-c3cccc(F)c3)n2)CN1Cc1ccccc1F. The molecule has 1 aromatic heterocycles. The normalized spacial score (nSPS) is 17.1. The molecule has 1 amide bonds. The van der Waals surface area contributed by atoms with Crippen molar-refractivity contribution in [2.45, 2.75) is 18.9 Å². The average Bonchev–Trinajstić information content (AvgIpc) is 3.24. The van der Waals surface area contributed by atoms with Gasteiger partial charge in [0.25, 0.3) is 5.89 Å². The van der Waals surface area contributed by atoms with Gasteiger partial charge in [0.05, 0.1) is 0 Å². The number of halogens is 2. The fourth-order valence-electron chi connectivity index (χ4n) is 3.07. The van der Waals surface area contributed by atoms with Gasteiger partial charge in [0.2, 0.25) is 5.91 Å². The molecule has 1 unspecified atom stereocenters. The molecule has 1 aliphatic heterocycles. The molecule has 0 bridgehead atoms. The molecule has 4 rings (SSSR count). The van der Waals surface area contributed by atoms with E-state index in [-0.39, 0.29) is 36.5 Å². The third-order valence-electron chi connectivity index (χ3n) is 4.41. The van der Waals surface area contributed by atoms with E-state index in [1.165, 1.54) is 18.2 Å². The monoisotopic (exact) mass is 355 g/mol. The van der Waals surface area contributed by atoms with E-state index in [1.54, 1.807) is 35.2 Å². The van der Waals surface area contributed by atoms with Crippen molar-refractivity contribution < 1.29 is 18.1 Å². The molecular formula is C19H15F2N3O2. The van der Waals surface area contributed by atoms with E-state index in [4.69, 9.17) is 4.52 Å². The molecule has 0 spiro atoms. The minimum absolute atomic E-state index is 0.0876. The number of rotatable bonds is 4. The topological polar surface area (TPSA) is 59.2 Å². The van der Waals surface area contributed by atoms with Crippen molar-refractivity contribution in [2.24, 2.45) is 0 Å². The van der Waals surface area contributed by atoms with Gasteiger partial charge >= 0.3 is 0 Å². The summed E-state index contributed by atoms with van der Waals surface area (Å²) >= 11 is 0. The van der Waals surface area contributed by atoms with Crippen molar-refractivity contribution in [1.82, 2.24) is 15.0 Å². The fourth-order valence-corrected chi connectivity index (χ4v) is 3.07. The summed E-state index contributed by atoms with van der Waals surface area (Å²) in [5, 5.41) is 3.94. The minimum Gasteiger partial charge on any atom is -0.337 e. The number of nitrogens with zero attached hydrogens (tertiary/aromatic N) is 3. The maximum Gasteiger partial charge on any atom is 0.258 e. The zero-order valence-corrected chi connectivity index (χ0v) is 13.7. The highest BCUT2D eigenvalue weighted by Gasteiger charge is 2.34. The van der Waals surface area contributed by atoms with Crippen molar-refractivity contribution >= 4 is 5.91 Å². The number of likely N-dealkylation sites (tertiary alicyclic amines) is 1. The summed E-state index contributed by atoms with van der Waals surface area (Å²) in [4.78, 5) is 18.1. The van der Waals surface area contributed by atoms with Crippen LogP contribution in [-0.4, -0.2) is 27.5 Å². The van der Waals surface area contributed by atoms with Crippen LogP contribution in [0.2, 0.25) is 0 Å². The summed E-state index contributed by atoms with van der Waals surface area (Å²) in [6.07, 6.45) is 0.233. The van der Waals surface area contributed by atoms with E-state index in [0.717, 1.165) is 0 Å². The number of benzene rings is 2. The van der Waals surface area contributed by atoms with E-state index >= 15 is 0 Å². The number of hydrogen-bond acceptors (Lipinski definition) is 4. The molecule has 1 atom stereocenters. The molecule has 5 nitrogen and oxygen atoms in total. The number of carbonyl (C=O) groups is 1. The summed E-state index contributed by atoms with van der Waals surface area (Å²) in [6.45, 7) is 0.589. The van der Waals surface area contributed by atoms with Gasteiger partial charge in [0.1, 0.15) is 11.6 Å².